The zero-order valence-electron chi connectivity index (χ0n) is 11.4. The van der Waals surface area contributed by atoms with Gasteiger partial charge in [0.2, 0.25) is 11.8 Å². The molecule has 20 heavy (non-hydrogen) atoms. The topological polar surface area (TPSA) is 91.5 Å². The summed E-state index contributed by atoms with van der Waals surface area (Å²) in [5, 5.41) is 1.92. The van der Waals surface area contributed by atoms with Crippen LogP contribution in [0, 0.1) is 0 Å². The number of thiophene rings is 1. The van der Waals surface area contributed by atoms with Crippen LogP contribution in [0.4, 0.5) is 0 Å². The van der Waals surface area contributed by atoms with E-state index < -0.39 is 0 Å². The van der Waals surface area contributed by atoms with Crippen LogP contribution in [0.3, 0.4) is 0 Å². The summed E-state index contributed by atoms with van der Waals surface area (Å²) in [4.78, 5) is 9.42. The summed E-state index contributed by atoms with van der Waals surface area (Å²) in [5.41, 5.74) is 3.28. The Labute approximate surface area is 120 Å². The summed E-state index contributed by atoms with van der Waals surface area (Å²) in [6.07, 6.45) is 1.52. The molecule has 0 aliphatic carbocycles. The van der Waals surface area contributed by atoms with E-state index in [1.165, 1.54) is 31.8 Å². The molecule has 0 bridgehead atoms. The number of nitrogens with one attached hydrogen (secondary N) is 1. The van der Waals surface area contributed by atoms with Gasteiger partial charge in [-0.15, -0.1) is 11.3 Å². The molecule has 3 N–H and O–H groups in total. The van der Waals surface area contributed by atoms with Gasteiger partial charge in [0.15, 0.2) is 0 Å². The second kappa shape index (κ2) is 6.51. The smallest absolute Gasteiger partial charge is 0.240 e. The Kier molecular flexibility index (Phi) is 4.72. The van der Waals surface area contributed by atoms with E-state index in [1.54, 1.807) is 7.11 Å². The lowest BCUT2D eigenvalue weighted by Crippen LogP contribution is -2.29. The first-order valence-electron chi connectivity index (χ1n) is 5.77. The Hall–Kier alpha value is -1.90. The molecule has 0 aliphatic rings. The SMILES string of the molecule is COc1cnc(C(NN)c2sccc2OC)c(OC)n1. The van der Waals surface area contributed by atoms with Gasteiger partial charge < -0.3 is 14.2 Å². The van der Waals surface area contributed by atoms with Gasteiger partial charge in [-0.3, -0.25) is 5.84 Å². The Morgan fingerprint density at radius 3 is 2.65 bits per heavy atom. The molecule has 2 aromatic rings. The van der Waals surface area contributed by atoms with Crippen molar-refractivity contribution in [2.24, 2.45) is 5.84 Å². The minimum Gasteiger partial charge on any atom is -0.496 e. The monoisotopic (exact) mass is 296 g/mol. The van der Waals surface area contributed by atoms with E-state index >= 15 is 0 Å². The summed E-state index contributed by atoms with van der Waals surface area (Å²) in [7, 11) is 4.65. The molecule has 0 fully saturated rings. The first-order valence-corrected chi connectivity index (χ1v) is 6.65. The molecule has 1 atom stereocenters. The van der Waals surface area contributed by atoms with Crippen molar-refractivity contribution in [3.8, 4) is 17.5 Å². The normalized spacial score (nSPS) is 12.0. The van der Waals surface area contributed by atoms with Crippen LogP contribution in [0.25, 0.3) is 0 Å². The number of nitrogens with two attached hydrogens (primary N) is 1. The lowest BCUT2D eigenvalue weighted by Gasteiger charge is -2.17. The van der Waals surface area contributed by atoms with Crippen LogP contribution < -0.4 is 25.5 Å². The molecule has 0 radical (unpaired) electrons. The maximum absolute atomic E-state index is 5.66. The fourth-order valence-corrected chi connectivity index (χ4v) is 2.70. The molecular weight excluding hydrogens is 280 g/mol. The molecule has 0 aromatic carbocycles. The van der Waals surface area contributed by atoms with Gasteiger partial charge in [-0.2, -0.15) is 4.98 Å². The van der Waals surface area contributed by atoms with Crippen molar-refractivity contribution in [1.29, 1.82) is 0 Å². The molecule has 0 saturated carbocycles. The van der Waals surface area contributed by atoms with E-state index in [1.807, 2.05) is 11.4 Å². The Morgan fingerprint density at radius 1 is 1.25 bits per heavy atom. The van der Waals surface area contributed by atoms with Crippen LogP contribution in [-0.2, 0) is 0 Å². The minimum atomic E-state index is -0.377. The molecule has 1 unspecified atom stereocenters. The van der Waals surface area contributed by atoms with Crippen LogP contribution in [-0.4, -0.2) is 31.3 Å². The number of nitrogens with zero attached hydrogens (tertiary/aromatic N) is 2. The molecule has 2 rings (SSSR count). The van der Waals surface area contributed by atoms with Crippen LogP contribution in [0.15, 0.2) is 17.6 Å². The molecule has 2 heterocycles. The summed E-state index contributed by atoms with van der Waals surface area (Å²) >= 11 is 1.51. The Balaban J connectivity index is 2.46. The van der Waals surface area contributed by atoms with Crippen molar-refractivity contribution in [3.63, 3.8) is 0 Å². The van der Waals surface area contributed by atoms with Crippen molar-refractivity contribution in [2.45, 2.75) is 6.04 Å². The number of ether oxygens (including phenoxy) is 3. The molecule has 0 aliphatic heterocycles. The molecule has 0 spiro atoms. The van der Waals surface area contributed by atoms with E-state index in [9.17, 15) is 0 Å². The average molecular weight is 296 g/mol. The third-order valence-electron chi connectivity index (χ3n) is 2.73. The number of hydrogen-bond donors (Lipinski definition) is 2. The summed E-state index contributed by atoms with van der Waals surface area (Å²) < 4.78 is 15.6. The van der Waals surface area contributed by atoms with Crippen molar-refractivity contribution in [3.05, 3.63) is 28.2 Å². The minimum absolute atomic E-state index is 0.350. The molecule has 7 nitrogen and oxygen atoms in total. The average Bonchev–Trinajstić information content (AvgIpc) is 2.96. The second-order valence-corrected chi connectivity index (χ2v) is 4.71. The third kappa shape index (κ3) is 2.67. The van der Waals surface area contributed by atoms with Gasteiger partial charge in [0.25, 0.3) is 0 Å². The fraction of sp³-hybridized carbons (Fsp3) is 0.333. The number of hydrazine groups is 1. The lowest BCUT2D eigenvalue weighted by atomic mass is 10.1. The standard InChI is InChI=1S/C12H16N4O3S/c1-17-7-4-5-20-11(7)9(16-13)10-12(19-3)15-8(18-2)6-14-10/h4-6,9,16H,13H2,1-3H3. The zero-order valence-corrected chi connectivity index (χ0v) is 12.2. The van der Waals surface area contributed by atoms with Gasteiger partial charge in [-0.25, -0.2) is 10.4 Å². The van der Waals surface area contributed by atoms with Crippen molar-refractivity contribution in [1.82, 2.24) is 15.4 Å². The van der Waals surface area contributed by atoms with Crippen molar-refractivity contribution < 1.29 is 14.2 Å². The summed E-state index contributed by atoms with van der Waals surface area (Å²) in [5.74, 6) is 7.12. The van der Waals surface area contributed by atoms with E-state index in [2.05, 4.69) is 15.4 Å². The van der Waals surface area contributed by atoms with Crippen LogP contribution in [0.1, 0.15) is 16.6 Å². The van der Waals surface area contributed by atoms with E-state index in [0.717, 1.165) is 10.6 Å². The number of hydrogen-bond acceptors (Lipinski definition) is 8. The highest BCUT2D eigenvalue weighted by molar-refractivity contribution is 7.10. The number of methoxy groups -OCH3 is 3. The van der Waals surface area contributed by atoms with Crippen molar-refractivity contribution in [2.75, 3.05) is 21.3 Å². The van der Waals surface area contributed by atoms with E-state index in [4.69, 9.17) is 20.1 Å². The van der Waals surface area contributed by atoms with Gasteiger partial charge in [0, 0.05) is 0 Å². The van der Waals surface area contributed by atoms with E-state index in [-0.39, 0.29) is 6.04 Å². The zero-order chi connectivity index (χ0) is 14.5. The van der Waals surface area contributed by atoms with Gasteiger partial charge in [-0.05, 0) is 11.4 Å². The molecule has 8 heteroatoms. The van der Waals surface area contributed by atoms with Gasteiger partial charge in [0.1, 0.15) is 17.5 Å². The largest absolute Gasteiger partial charge is 0.496 e. The Bertz CT molecular complexity index is 576. The third-order valence-corrected chi connectivity index (χ3v) is 3.69. The van der Waals surface area contributed by atoms with Crippen molar-refractivity contribution >= 4 is 11.3 Å². The van der Waals surface area contributed by atoms with Crippen LogP contribution in [0.2, 0.25) is 0 Å². The molecule has 0 saturated heterocycles. The summed E-state index contributed by atoms with van der Waals surface area (Å²) in [6.45, 7) is 0. The highest BCUT2D eigenvalue weighted by Crippen LogP contribution is 2.36. The maximum atomic E-state index is 5.66. The van der Waals surface area contributed by atoms with Crippen LogP contribution in [0.5, 0.6) is 17.5 Å². The molecule has 0 amide bonds. The van der Waals surface area contributed by atoms with E-state index in [0.29, 0.717) is 17.5 Å². The quantitative estimate of drug-likeness (QED) is 0.609. The molecular formula is C12H16N4O3S. The predicted octanol–water partition coefficient (Wildman–Crippen LogP) is 1.12. The van der Waals surface area contributed by atoms with Gasteiger partial charge >= 0.3 is 0 Å². The molecule has 2 aromatic heterocycles. The van der Waals surface area contributed by atoms with Crippen LogP contribution >= 0.6 is 11.3 Å². The summed E-state index contributed by atoms with van der Waals surface area (Å²) in [6, 6.07) is 1.49. The second-order valence-electron chi connectivity index (χ2n) is 3.76. The fourth-order valence-electron chi connectivity index (χ4n) is 1.78. The maximum Gasteiger partial charge on any atom is 0.240 e. The number of rotatable bonds is 6. The first-order chi connectivity index (χ1) is 9.74. The van der Waals surface area contributed by atoms with Gasteiger partial charge in [-0.1, -0.05) is 0 Å². The van der Waals surface area contributed by atoms with Gasteiger partial charge in [0.05, 0.1) is 32.4 Å². The lowest BCUT2D eigenvalue weighted by molar-refractivity contribution is 0.351. The highest BCUT2D eigenvalue weighted by atomic mass is 32.1. The number of aromatic nitrogens is 2. The highest BCUT2D eigenvalue weighted by Gasteiger charge is 2.24. The molecule has 108 valence electrons. The predicted molar refractivity (Wildman–Crippen MR) is 75.2 cm³/mol. The first kappa shape index (κ1) is 14.5. The Morgan fingerprint density at radius 2 is 2.05 bits per heavy atom.